The number of rotatable bonds is 5. The largest absolute Gasteiger partial charge is 0.376 e. The van der Waals surface area contributed by atoms with Crippen LogP contribution in [0.25, 0.3) is 0 Å². The molecular weight excluding hydrogens is 260 g/mol. The molecule has 0 spiro atoms. The van der Waals surface area contributed by atoms with Crippen LogP contribution in [-0.2, 0) is 9.47 Å². The number of carbonyl (C=O) groups excluding carboxylic acids is 1. The molecule has 1 fully saturated rings. The summed E-state index contributed by atoms with van der Waals surface area (Å²) in [5.41, 5.74) is 0. The summed E-state index contributed by atoms with van der Waals surface area (Å²) in [4.78, 5) is 12.6. The summed E-state index contributed by atoms with van der Waals surface area (Å²) in [5.74, 6) is -0.0140. The number of hydrogen-bond acceptors (Lipinski definition) is 4. The van der Waals surface area contributed by atoms with Crippen LogP contribution in [0.1, 0.15) is 29.4 Å². The highest BCUT2D eigenvalue weighted by Gasteiger charge is 2.21. The molecule has 0 saturated carbocycles. The molecule has 2 heterocycles. The topological polar surface area (TPSA) is 35.5 Å². The maximum absolute atomic E-state index is 11.9. The van der Waals surface area contributed by atoms with E-state index < -0.39 is 6.10 Å². The lowest BCUT2D eigenvalue weighted by molar-refractivity contribution is -0.00744. The van der Waals surface area contributed by atoms with Crippen LogP contribution in [0.3, 0.4) is 0 Å². The van der Waals surface area contributed by atoms with Gasteiger partial charge in [0.2, 0.25) is 5.78 Å². The minimum absolute atomic E-state index is 0.0140. The second-order valence-electron chi connectivity index (χ2n) is 4.08. The zero-order chi connectivity index (χ0) is 12.3. The van der Waals surface area contributed by atoms with E-state index >= 15 is 0 Å². The van der Waals surface area contributed by atoms with Gasteiger partial charge in [0.15, 0.2) is 0 Å². The van der Waals surface area contributed by atoms with E-state index in [1.54, 1.807) is 19.1 Å². The summed E-state index contributed by atoms with van der Waals surface area (Å²) >= 11 is 7.08. The molecular formula is C12H15ClO3S. The number of hydrogen-bond donors (Lipinski definition) is 0. The molecule has 2 atom stereocenters. The highest BCUT2D eigenvalue weighted by Crippen LogP contribution is 2.23. The molecule has 1 saturated heterocycles. The molecule has 5 heteroatoms. The molecule has 0 radical (unpaired) electrons. The first-order valence-electron chi connectivity index (χ1n) is 5.69. The van der Waals surface area contributed by atoms with Gasteiger partial charge < -0.3 is 9.47 Å². The quantitative estimate of drug-likeness (QED) is 0.774. The average molecular weight is 275 g/mol. The Bertz CT molecular complexity index is 385. The molecule has 1 aliphatic heterocycles. The van der Waals surface area contributed by atoms with Crippen LogP contribution in [0, 0.1) is 0 Å². The van der Waals surface area contributed by atoms with Crippen LogP contribution in [0.15, 0.2) is 12.1 Å². The first kappa shape index (κ1) is 13.0. The predicted molar refractivity (Wildman–Crippen MR) is 68.0 cm³/mol. The fourth-order valence-electron chi connectivity index (χ4n) is 1.75. The van der Waals surface area contributed by atoms with Gasteiger partial charge in [0.05, 0.1) is 21.9 Å². The second-order valence-corrected chi connectivity index (χ2v) is 5.79. The molecule has 0 bridgehead atoms. The van der Waals surface area contributed by atoms with E-state index in [1.807, 2.05) is 0 Å². The second kappa shape index (κ2) is 5.96. The monoisotopic (exact) mass is 274 g/mol. The van der Waals surface area contributed by atoms with Crippen molar-refractivity contribution in [3.05, 3.63) is 21.3 Å². The highest BCUT2D eigenvalue weighted by molar-refractivity contribution is 7.18. The van der Waals surface area contributed by atoms with E-state index in [4.69, 9.17) is 21.1 Å². The standard InChI is InChI=1S/C12H15ClO3S/c1-8(16-7-9-3-2-6-15-9)12(14)10-4-5-11(13)17-10/h4-5,8-9H,2-3,6-7H2,1H3. The van der Waals surface area contributed by atoms with Gasteiger partial charge in [0, 0.05) is 6.61 Å². The Morgan fingerprint density at radius 2 is 2.53 bits per heavy atom. The number of halogens is 1. The van der Waals surface area contributed by atoms with E-state index in [0.717, 1.165) is 19.4 Å². The number of ether oxygens (including phenoxy) is 2. The predicted octanol–water partition coefficient (Wildman–Crippen LogP) is 3.17. The highest BCUT2D eigenvalue weighted by atomic mass is 35.5. The maximum Gasteiger partial charge on any atom is 0.201 e. The molecule has 94 valence electrons. The zero-order valence-electron chi connectivity index (χ0n) is 9.65. The molecule has 0 aliphatic carbocycles. The Morgan fingerprint density at radius 1 is 1.71 bits per heavy atom. The van der Waals surface area contributed by atoms with Crippen molar-refractivity contribution in [1.82, 2.24) is 0 Å². The van der Waals surface area contributed by atoms with Crippen LogP contribution < -0.4 is 0 Å². The Kier molecular flexibility index (Phi) is 4.56. The number of thiophene rings is 1. The van der Waals surface area contributed by atoms with Gasteiger partial charge in [-0.1, -0.05) is 11.6 Å². The third kappa shape index (κ3) is 3.52. The number of Topliss-reactive ketones (excluding diaryl/α,β-unsaturated/α-hetero) is 1. The zero-order valence-corrected chi connectivity index (χ0v) is 11.2. The Morgan fingerprint density at radius 3 is 3.12 bits per heavy atom. The van der Waals surface area contributed by atoms with Crippen LogP contribution in [0.5, 0.6) is 0 Å². The molecule has 0 amide bonds. The van der Waals surface area contributed by atoms with Crippen LogP contribution in [-0.4, -0.2) is 31.2 Å². The van der Waals surface area contributed by atoms with E-state index in [-0.39, 0.29) is 11.9 Å². The summed E-state index contributed by atoms with van der Waals surface area (Å²) in [6, 6.07) is 3.47. The van der Waals surface area contributed by atoms with E-state index in [2.05, 4.69) is 0 Å². The van der Waals surface area contributed by atoms with Gasteiger partial charge in [0.25, 0.3) is 0 Å². The summed E-state index contributed by atoms with van der Waals surface area (Å²) in [5, 5.41) is 0. The van der Waals surface area contributed by atoms with Gasteiger partial charge in [0.1, 0.15) is 6.10 Å². The summed E-state index contributed by atoms with van der Waals surface area (Å²) in [6.45, 7) is 3.06. The lowest BCUT2D eigenvalue weighted by Crippen LogP contribution is -2.25. The van der Waals surface area contributed by atoms with Gasteiger partial charge in [-0.2, -0.15) is 0 Å². The van der Waals surface area contributed by atoms with E-state index in [1.165, 1.54) is 11.3 Å². The van der Waals surface area contributed by atoms with Crippen molar-refractivity contribution >= 4 is 28.7 Å². The average Bonchev–Trinajstić information content (AvgIpc) is 2.95. The van der Waals surface area contributed by atoms with Crippen molar-refractivity contribution < 1.29 is 14.3 Å². The van der Waals surface area contributed by atoms with Crippen molar-refractivity contribution in [3.63, 3.8) is 0 Å². The third-order valence-electron chi connectivity index (χ3n) is 2.74. The molecule has 0 N–H and O–H groups in total. The summed E-state index contributed by atoms with van der Waals surface area (Å²) in [7, 11) is 0. The van der Waals surface area contributed by atoms with Gasteiger partial charge in [-0.15, -0.1) is 11.3 Å². The molecule has 2 rings (SSSR count). The van der Waals surface area contributed by atoms with Crippen molar-refractivity contribution in [2.24, 2.45) is 0 Å². The van der Waals surface area contributed by atoms with Crippen molar-refractivity contribution in [3.8, 4) is 0 Å². The summed E-state index contributed by atoms with van der Waals surface area (Å²) in [6.07, 6.45) is 1.81. The fraction of sp³-hybridized carbons (Fsp3) is 0.583. The first-order valence-corrected chi connectivity index (χ1v) is 6.89. The molecule has 2 unspecified atom stereocenters. The molecule has 0 aromatic carbocycles. The van der Waals surface area contributed by atoms with Gasteiger partial charge in [-0.25, -0.2) is 0 Å². The fourth-order valence-corrected chi connectivity index (χ4v) is 2.81. The summed E-state index contributed by atoms with van der Waals surface area (Å²) < 4.78 is 11.6. The van der Waals surface area contributed by atoms with Crippen LogP contribution in [0.2, 0.25) is 4.34 Å². The van der Waals surface area contributed by atoms with E-state index in [0.29, 0.717) is 15.8 Å². The normalized spacial score (nSPS) is 21.6. The van der Waals surface area contributed by atoms with Crippen LogP contribution in [0.4, 0.5) is 0 Å². The van der Waals surface area contributed by atoms with Crippen molar-refractivity contribution in [2.45, 2.75) is 32.0 Å². The Balaban J connectivity index is 1.82. The van der Waals surface area contributed by atoms with Crippen molar-refractivity contribution in [2.75, 3.05) is 13.2 Å². The molecule has 1 aromatic heterocycles. The molecule has 1 aliphatic rings. The Labute approximate surface area is 110 Å². The Hall–Kier alpha value is -0.420. The van der Waals surface area contributed by atoms with Crippen molar-refractivity contribution in [1.29, 1.82) is 0 Å². The van der Waals surface area contributed by atoms with Gasteiger partial charge in [-0.05, 0) is 31.9 Å². The molecule has 1 aromatic rings. The SMILES string of the molecule is CC(OCC1CCCO1)C(=O)c1ccc(Cl)s1. The minimum Gasteiger partial charge on any atom is -0.376 e. The van der Waals surface area contributed by atoms with Gasteiger partial charge >= 0.3 is 0 Å². The number of carbonyl (C=O) groups is 1. The number of ketones is 1. The van der Waals surface area contributed by atoms with Gasteiger partial charge in [-0.3, -0.25) is 4.79 Å². The maximum atomic E-state index is 11.9. The smallest absolute Gasteiger partial charge is 0.201 e. The first-order chi connectivity index (χ1) is 8.16. The molecule has 17 heavy (non-hydrogen) atoms. The lowest BCUT2D eigenvalue weighted by Gasteiger charge is -2.14. The van der Waals surface area contributed by atoms with E-state index in [9.17, 15) is 4.79 Å². The minimum atomic E-state index is -0.436. The molecule has 3 nitrogen and oxygen atoms in total. The lowest BCUT2D eigenvalue weighted by atomic mass is 10.2. The third-order valence-corrected chi connectivity index (χ3v) is 3.99. The van der Waals surface area contributed by atoms with Crippen LogP contribution >= 0.6 is 22.9 Å².